The van der Waals surface area contributed by atoms with E-state index in [1.165, 1.54) is 0 Å². The molecule has 5 rings (SSSR count). The van der Waals surface area contributed by atoms with Crippen LogP contribution in [0.25, 0.3) is 0 Å². The first-order valence-corrected chi connectivity index (χ1v) is 10.4. The minimum absolute atomic E-state index is 0.0384. The van der Waals surface area contributed by atoms with E-state index in [0.717, 1.165) is 24.2 Å². The average Bonchev–Trinajstić information content (AvgIpc) is 3.10. The number of fused-ring (bicyclic) bond motifs is 2. The van der Waals surface area contributed by atoms with Crippen LogP contribution in [0.1, 0.15) is 24.8 Å². The fraction of sp³-hybridized carbons (Fsp3) is 0.409. The van der Waals surface area contributed by atoms with Crippen molar-refractivity contribution in [2.24, 2.45) is 5.73 Å². The third-order valence-corrected chi connectivity index (χ3v) is 6.06. The summed E-state index contributed by atoms with van der Waals surface area (Å²) in [6.07, 6.45) is 1.55. The van der Waals surface area contributed by atoms with Crippen LogP contribution in [0.15, 0.2) is 36.4 Å². The Morgan fingerprint density at radius 3 is 2.74 bits per heavy atom. The first kappa shape index (κ1) is 19.6. The van der Waals surface area contributed by atoms with Crippen molar-refractivity contribution >= 4 is 23.6 Å². The molecule has 1 aromatic heterocycles. The molecule has 9 heteroatoms. The summed E-state index contributed by atoms with van der Waals surface area (Å²) >= 11 is 0. The normalized spacial score (nSPS) is 24.9. The highest BCUT2D eigenvalue weighted by molar-refractivity contribution is 5.97. The van der Waals surface area contributed by atoms with Gasteiger partial charge in [0.25, 0.3) is 5.91 Å². The largest absolute Gasteiger partial charge is 0.497 e. The standard InChI is InChI=1S/C22H24N4O5/c1-29-15-5-2-13(3-6-15)11-25-20(27)12-30-17-8-9-19(24-21(17)25)26-16-7-4-14(23)10-18(16)31-22(26)28/h2-3,5-6,8-9,14,16,18H,4,7,10-12,23H2,1H3/t14-,16-,18-/m1/s1. The first-order valence-electron chi connectivity index (χ1n) is 10.4. The number of hydrogen-bond donors (Lipinski definition) is 1. The van der Waals surface area contributed by atoms with E-state index in [2.05, 4.69) is 4.98 Å². The van der Waals surface area contributed by atoms with E-state index in [9.17, 15) is 9.59 Å². The Hall–Kier alpha value is -3.33. The van der Waals surface area contributed by atoms with Crippen LogP contribution in [0, 0.1) is 0 Å². The number of carbonyl (C=O) groups excluding carboxylic acids is 2. The first-order chi connectivity index (χ1) is 15.0. The van der Waals surface area contributed by atoms with Gasteiger partial charge < -0.3 is 19.9 Å². The number of aromatic nitrogens is 1. The zero-order valence-electron chi connectivity index (χ0n) is 17.2. The second-order valence-electron chi connectivity index (χ2n) is 8.04. The van der Waals surface area contributed by atoms with Crippen molar-refractivity contribution in [1.82, 2.24) is 4.98 Å². The highest BCUT2D eigenvalue weighted by Gasteiger charge is 2.46. The molecular weight excluding hydrogens is 400 g/mol. The Morgan fingerprint density at radius 2 is 1.97 bits per heavy atom. The van der Waals surface area contributed by atoms with Gasteiger partial charge in [0.05, 0.1) is 19.7 Å². The number of benzene rings is 1. The van der Waals surface area contributed by atoms with E-state index in [0.29, 0.717) is 30.4 Å². The van der Waals surface area contributed by atoms with Gasteiger partial charge in [-0.1, -0.05) is 12.1 Å². The molecule has 2 aromatic rings. The summed E-state index contributed by atoms with van der Waals surface area (Å²) in [6, 6.07) is 10.9. The molecule has 2 N–H and O–H groups in total. The lowest BCUT2D eigenvalue weighted by Crippen LogP contribution is -2.44. The average molecular weight is 424 g/mol. The fourth-order valence-corrected chi connectivity index (χ4v) is 4.43. The second kappa shape index (κ2) is 7.73. The summed E-state index contributed by atoms with van der Waals surface area (Å²) in [4.78, 5) is 33.1. The van der Waals surface area contributed by atoms with Gasteiger partial charge >= 0.3 is 6.09 Å². The number of nitrogens with zero attached hydrogens (tertiary/aromatic N) is 3. The molecule has 2 aliphatic heterocycles. The number of amides is 2. The molecule has 31 heavy (non-hydrogen) atoms. The maximum Gasteiger partial charge on any atom is 0.416 e. The monoisotopic (exact) mass is 424 g/mol. The van der Waals surface area contributed by atoms with Crippen LogP contribution in [0.3, 0.4) is 0 Å². The summed E-state index contributed by atoms with van der Waals surface area (Å²) in [7, 11) is 1.61. The van der Waals surface area contributed by atoms with Gasteiger partial charge in [-0.25, -0.2) is 9.78 Å². The van der Waals surface area contributed by atoms with Crippen LogP contribution < -0.4 is 25.0 Å². The molecule has 2 fully saturated rings. The zero-order valence-corrected chi connectivity index (χ0v) is 17.2. The minimum Gasteiger partial charge on any atom is -0.497 e. The molecule has 9 nitrogen and oxygen atoms in total. The third kappa shape index (κ3) is 3.54. The number of carbonyl (C=O) groups is 2. The molecule has 3 heterocycles. The van der Waals surface area contributed by atoms with Gasteiger partial charge in [-0.05, 0) is 42.7 Å². The zero-order chi connectivity index (χ0) is 21.5. The topological polar surface area (TPSA) is 107 Å². The number of pyridine rings is 1. The Bertz CT molecular complexity index is 1010. The van der Waals surface area contributed by atoms with Crippen LogP contribution in [0.2, 0.25) is 0 Å². The third-order valence-electron chi connectivity index (χ3n) is 6.06. The maximum atomic E-state index is 12.7. The number of ether oxygens (including phenoxy) is 3. The molecule has 0 unspecified atom stereocenters. The molecule has 0 bridgehead atoms. The molecule has 3 atom stereocenters. The summed E-state index contributed by atoms with van der Waals surface area (Å²) in [6.45, 7) is 0.277. The molecule has 1 aromatic carbocycles. The minimum atomic E-state index is -0.429. The van der Waals surface area contributed by atoms with Crippen molar-refractivity contribution in [2.45, 2.75) is 44.0 Å². The van der Waals surface area contributed by atoms with Crippen LogP contribution >= 0.6 is 0 Å². The van der Waals surface area contributed by atoms with Crippen molar-refractivity contribution < 1.29 is 23.8 Å². The number of rotatable bonds is 4. The Morgan fingerprint density at radius 1 is 1.16 bits per heavy atom. The molecular formula is C22H24N4O5. The molecule has 3 aliphatic rings. The molecule has 0 radical (unpaired) electrons. The smallest absolute Gasteiger partial charge is 0.416 e. The molecule has 1 aliphatic carbocycles. The predicted octanol–water partition coefficient (Wildman–Crippen LogP) is 2.22. The molecule has 2 amide bonds. The van der Waals surface area contributed by atoms with E-state index in [-0.39, 0.29) is 30.7 Å². The SMILES string of the molecule is COc1ccc(CN2C(=O)COc3ccc(N4C(=O)O[C@@H]5C[C@H](N)CC[C@H]54)nc32)cc1. The van der Waals surface area contributed by atoms with E-state index in [1.54, 1.807) is 29.0 Å². The molecule has 1 saturated heterocycles. The van der Waals surface area contributed by atoms with Gasteiger partial charge in [-0.15, -0.1) is 0 Å². The van der Waals surface area contributed by atoms with Crippen LogP contribution in [0.4, 0.5) is 16.4 Å². The molecule has 0 spiro atoms. The molecule has 162 valence electrons. The molecule has 1 saturated carbocycles. The Labute approximate surface area is 179 Å². The lowest BCUT2D eigenvalue weighted by Gasteiger charge is -2.32. The summed E-state index contributed by atoms with van der Waals surface area (Å²) in [5.74, 6) is 1.90. The lowest BCUT2D eigenvalue weighted by molar-refractivity contribution is -0.121. The summed E-state index contributed by atoms with van der Waals surface area (Å²) in [5, 5.41) is 0. The van der Waals surface area contributed by atoms with Gasteiger partial charge in [0.15, 0.2) is 18.2 Å². The second-order valence-corrected chi connectivity index (χ2v) is 8.04. The van der Waals surface area contributed by atoms with Crippen molar-refractivity contribution in [1.29, 1.82) is 0 Å². The van der Waals surface area contributed by atoms with Crippen LogP contribution in [-0.4, -0.2) is 48.9 Å². The number of nitrogens with two attached hydrogens (primary N) is 1. The van der Waals surface area contributed by atoms with E-state index >= 15 is 0 Å². The van der Waals surface area contributed by atoms with Crippen molar-refractivity contribution in [3.8, 4) is 11.5 Å². The van der Waals surface area contributed by atoms with E-state index in [4.69, 9.17) is 19.9 Å². The van der Waals surface area contributed by atoms with E-state index < -0.39 is 6.09 Å². The Kier molecular flexibility index (Phi) is 4.90. The number of hydrogen-bond acceptors (Lipinski definition) is 7. The Balaban J connectivity index is 1.45. The maximum absolute atomic E-state index is 12.7. The van der Waals surface area contributed by atoms with Gasteiger partial charge in [-0.3, -0.25) is 14.6 Å². The predicted molar refractivity (Wildman–Crippen MR) is 112 cm³/mol. The summed E-state index contributed by atoms with van der Waals surface area (Å²) < 4.78 is 16.3. The van der Waals surface area contributed by atoms with Crippen molar-refractivity contribution in [2.75, 3.05) is 23.5 Å². The van der Waals surface area contributed by atoms with Gasteiger partial charge in [0.1, 0.15) is 17.7 Å². The van der Waals surface area contributed by atoms with Gasteiger partial charge in [0.2, 0.25) is 0 Å². The lowest BCUT2D eigenvalue weighted by atomic mass is 9.89. The quantitative estimate of drug-likeness (QED) is 0.802. The highest BCUT2D eigenvalue weighted by Crippen LogP contribution is 2.38. The fourth-order valence-electron chi connectivity index (χ4n) is 4.43. The highest BCUT2D eigenvalue weighted by atomic mass is 16.6. The van der Waals surface area contributed by atoms with E-state index in [1.807, 2.05) is 24.3 Å². The van der Waals surface area contributed by atoms with Gasteiger partial charge in [0, 0.05) is 12.5 Å². The van der Waals surface area contributed by atoms with Crippen molar-refractivity contribution in [3.05, 3.63) is 42.0 Å². The van der Waals surface area contributed by atoms with Crippen molar-refractivity contribution in [3.63, 3.8) is 0 Å². The van der Waals surface area contributed by atoms with Crippen LogP contribution in [0.5, 0.6) is 11.5 Å². The number of methoxy groups -OCH3 is 1. The number of anilines is 2. The van der Waals surface area contributed by atoms with Gasteiger partial charge in [-0.2, -0.15) is 0 Å². The summed E-state index contributed by atoms with van der Waals surface area (Å²) in [5.41, 5.74) is 6.97. The van der Waals surface area contributed by atoms with Crippen LogP contribution in [-0.2, 0) is 16.1 Å².